The van der Waals surface area contributed by atoms with Crippen LogP contribution >= 0.6 is 0 Å². The van der Waals surface area contributed by atoms with Crippen molar-refractivity contribution in [3.8, 4) is 0 Å². The minimum atomic E-state index is -1.17. The molecule has 22 heteroatoms. The Morgan fingerprint density at radius 1 is 0.471 bits per heavy atom. The van der Waals surface area contributed by atoms with Crippen molar-refractivity contribution >= 4 is 61.8 Å². The molecule has 5 heterocycles. The van der Waals surface area contributed by atoms with Crippen LogP contribution in [0.4, 0.5) is 0 Å². The summed E-state index contributed by atoms with van der Waals surface area (Å²) in [5, 5.41) is 22.2. The smallest absolute Gasteiger partial charge is 0.427 e. The lowest BCUT2D eigenvalue weighted by Gasteiger charge is -2.32. The van der Waals surface area contributed by atoms with E-state index in [1.165, 1.54) is 6.82 Å². The molecule has 0 aromatic heterocycles. The van der Waals surface area contributed by atoms with Crippen molar-refractivity contribution in [2.75, 3.05) is 7.11 Å². The van der Waals surface area contributed by atoms with Gasteiger partial charge in [-0.25, -0.2) is 0 Å². The summed E-state index contributed by atoms with van der Waals surface area (Å²) in [7, 11) is -1.11. The second-order valence-corrected chi connectivity index (χ2v) is 21.3. The van der Waals surface area contributed by atoms with Crippen molar-refractivity contribution in [3.63, 3.8) is 0 Å². The zero-order chi connectivity index (χ0) is 57.6. The quantitative estimate of drug-likeness (QED) is 0.155. The summed E-state index contributed by atoms with van der Waals surface area (Å²) in [5.41, 5.74) is -2.71. The van der Waals surface area contributed by atoms with Gasteiger partial charge < -0.3 is 76.1 Å². The molecule has 5 aliphatic heterocycles. The third kappa shape index (κ3) is 24.5. The number of aliphatic hydroxyl groups excluding tert-OH is 1. The van der Waals surface area contributed by atoms with Crippen LogP contribution in [0.5, 0.6) is 0 Å². The van der Waals surface area contributed by atoms with E-state index in [1.54, 1.807) is 0 Å². The van der Waals surface area contributed by atoms with Crippen LogP contribution in [0.25, 0.3) is 0 Å². The Labute approximate surface area is 422 Å². The number of carbonyl (C=O) groups is 3. The van der Waals surface area contributed by atoms with Gasteiger partial charge in [0, 0.05) is 26.4 Å². The first-order chi connectivity index (χ1) is 31.7. The predicted octanol–water partition coefficient (Wildman–Crippen LogP) is 8.18. The van der Waals surface area contributed by atoms with Gasteiger partial charge in [-0.1, -0.05) is 27.7 Å². The van der Waals surface area contributed by atoms with E-state index < -0.39 is 39.9 Å². The van der Waals surface area contributed by atoms with Crippen LogP contribution in [0.15, 0.2) is 0 Å². The molecule has 5 fully saturated rings. The zero-order valence-corrected chi connectivity index (χ0v) is 48.0. The summed E-state index contributed by atoms with van der Waals surface area (Å²) >= 11 is 0. The van der Waals surface area contributed by atoms with Crippen LogP contribution in [0.3, 0.4) is 0 Å². The maximum atomic E-state index is 10.5. The van der Waals surface area contributed by atoms with Crippen molar-refractivity contribution in [3.05, 3.63) is 0 Å². The van der Waals surface area contributed by atoms with Crippen molar-refractivity contribution in [2.24, 2.45) is 0 Å². The first-order valence-corrected chi connectivity index (χ1v) is 24.2. The second-order valence-electron chi connectivity index (χ2n) is 21.3. The molecule has 0 aromatic rings. The summed E-state index contributed by atoms with van der Waals surface area (Å²) in [4.78, 5) is 29.9. The Hall–Kier alpha value is -1.12. The number of hydrogen-bond acceptors (Lipinski definition) is 16. The molecule has 5 aliphatic rings. The first-order valence-electron chi connectivity index (χ1n) is 25.7. The van der Waals surface area contributed by atoms with Gasteiger partial charge in [-0.3, -0.25) is 0 Å². The molecular weight excluding hydrogens is 873 g/mol. The van der Waals surface area contributed by atoms with E-state index in [2.05, 4.69) is 27.7 Å². The molecule has 0 radical (unpaired) electrons. The maximum Gasteiger partial charge on any atom is 0.488 e. The van der Waals surface area contributed by atoms with Crippen LogP contribution in [-0.4, -0.2) is 140 Å². The fourth-order valence-corrected chi connectivity index (χ4v) is 5.27. The van der Waals surface area contributed by atoms with Gasteiger partial charge in [-0.15, -0.1) is 0 Å². The van der Waals surface area contributed by atoms with Gasteiger partial charge in [0.2, 0.25) is 0 Å². The van der Waals surface area contributed by atoms with E-state index >= 15 is 0 Å². The lowest BCUT2D eigenvalue weighted by atomic mass is 9.49. The van der Waals surface area contributed by atoms with Gasteiger partial charge in [0.05, 0.1) is 56.0 Å². The highest BCUT2D eigenvalue weighted by atomic mass is 16.7. The number of aliphatic hydroxyl groups is 1. The third-order valence-corrected chi connectivity index (χ3v) is 12.9. The van der Waals surface area contributed by atoms with E-state index in [9.17, 15) is 14.4 Å². The summed E-state index contributed by atoms with van der Waals surface area (Å²) in [5.74, 6) is 0. The summed E-state index contributed by atoms with van der Waals surface area (Å²) in [6.45, 7) is 51.4. The van der Waals surface area contributed by atoms with Crippen molar-refractivity contribution < 1.29 is 80.2 Å². The largest absolute Gasteiger partial charge is 0.488 e. The van der Waals surface area contributed by atoms with Gasteiger partial charge >= 0.3 is 43.1 Å². The molecule has 0 aliphatic carbocycles. The molecular formula is C46H100B6O16. The molecule has 16 nitrogen and oxygen atoms in total. The highest BCUT2D eigenvalue weighted by molar-refractivity contribution is 7.11. The summed E-state index contributed by atoms with van der Waals surface area (Å²) in [6.07, 6.45) is 1.56. The summed E-state index contributed by atoms with van der Waals surface area (Å²) < 4.78 is 76.4. The van der Waals surface area contributed by atoms with Gasteiger partial charge in [0.1, 0.15) is 22.9 Å². The molecule has 0 atom stereocenters. The van der Waals surface area contributed by atoms with Crippen molar-refractivity contribution in [1.82, 2.24) is 0 Å². The summed E-state index contributed by atoms with van der Waals surface area (Å²) in [6, 6.07) is 0. The SMILES string of the molecule is CB(O)O.CB1OC(C)(C)C(C)(C)O1.CC.CC1(C)OB(B2OC(C)(C)C(C)(C)O2)OC1(C)C.CC1(C)OBOC1(C)C.CO.[3H]C(=O)CCB1OC(C)(C)C(C)(C)O1.[3H]C(=O)CCC.[3H]C(=O)CCC. The monoisotopic (exact) mass is 981 g/mol. The molecule has 3 N–H and O–H groups in total. The molecule has 0 spiro atoms. The average molecular weight is 980 g/mol. The molecule has 0 saturated carbocycles. The van der Waals surface area contributed by atoms with Crippen LogP contribution in [0.1, 0.15) is 202 Å². The molecule has 398 valence electrons. The topological polar surface area (TPSA) is 204 Å². The van der Waals surface area contributed by atoms with E-state index in [0.717, 1.165) is 20.0 Å². The zero-order valence-electron chi connectivity index (χ0n) is 51.0. The van der Waals surface area contributed by atoms with Gasteiger partial charge in [0.25, 0.3) is 0 Å². The van der Waals surface area contributed by atoms with Crippen molar-refractivity contribution in [1.29, 1.82) is 0 Å². The lowest BCUT2D eigenvalue weighted by molar-refractivity contribution is -0.108. The Balaban J connectivity index is -0.000000382. The Bertz CT molecular complexity index is 1410. The molecule has 0 bridgehead atoms. The van der Waals surface area contributed by atoms with Gasteiger partial charge in [-0.05, 0) is 171 Å². The number of carbonyl (C=O) groups excluding carboxylic acids is 3. The fourth-order valence-electron chi connectivity index (χ4n) is 5.27. The van der Waals surface area contributed by atoms with Crippen LogP contribution in [0.2, 0.25) is 20.0 Å². The van der Waals surface area contributed by atoms with Crippen molar-refractivity contribution in [2.45, 2.75) is 274 Å². The Morgan fingerprint density at radius 2 is 0.691 bits per heavy atom. The minimum absolute atomic E-state index is 0.0648. The average Bonchev–Trinajstić information content (AvgIpc) is 3.79. The van der Waals surface area contributed by atoms with E-state index in [4.69, 9.17) is 65.8 Å². The molecule has 5 saturated heterocycles. The third-order valence-electron chi connectivity index (χ3n) is 12.9. The van der Waals surface area contributed by atoms with E-state index in [1.807, 2.05) is 145 Å². The highest BCUT2D eigenvalue weighted by Gasteiger charge is 2.64. The predicted molar refractivity (Wildman–Crippen MR) is 281 cm³/mol. The van der Waals surface area contributed by atoms with Crippen LogP contribution < -0.4 is 0 Å². The molecule has 0 aromatic carbocycles. The van der Waals surface area contributed by atoms with Crippen LogP contribution in [0, 0.1) is 0 Å². The van der Waals surface area contributed by atoms with E-state index in [0.29, 0.717) is 26.8 Å². The number of hydrogen-bond donors (Lipinski definition) is 3. The number of rotatable bonds is 8. The molecule has 0 amide bonds. The number of aldehydes is 3. The molecule has 0 unspecified atom stereocenters. The Kier molecular flexibility index (Phi) is 30.9. The van der Waals surface area contributed by atoms with E-state index in [-0.39, 0.29) is 76.7 Å². The fraction of sp³-hybridized carbons (Fsp3) is 0.935. The minimum Gasteiger partial charge on any atom is -0.427 e. The van der Waals surface area contributed by atoms with Crippen LogP contribution in [-0.2, 0) is 60.9 Å². The first kappa shape index (κ1) is 66.9. The standard InChI is InChI=1S/C12H24B2O4.C9H17BO3.C7H15BO2.C6H13BO2.2C4H8O.C2H6.CH5BO2.CH4O/c1-9(2)10(3,4)16-13(15-9)14-17-11(5,6)12(7,8)18-14;1-8(2)9(3,4)13-10(12-8)6-5-7-11;1-6(2)7(3,4)10-8(5)9-6;1-5(2)6(3,4)9-7-8-5;2*1-2-3-4-5;1-2;1-2(3)4;1-2/h1-8H3;7H,5-6H2,1-4H3;1-5H3;7H,1-4H3;2*4H,2-3H2,1H3;1-2H3;3-4H,1H3;2H,1H3/i;7T;;;2*4T;;;. The van der Waals surface area contributed by atoms with Gasteiger partial charge in [0.15, 0.2) is 0 Å². The highest BCUT2D eigenvalue weighted by Crippen LogP contribution is 2.43. The maximum absolute atomic E-state index is 10.5. The Morgan fingerprint density at radius 3 is 0.838 bits per heavy atom. The molecule has 5 rings (SSSR count). The lowest BCUT2D eigenvalue weighted by Crippen LogP contribution is -2.41. The molecule has 68 heavy (non-hydrogen) atoms. The van der Waals surface area contributed by atoms with Gasteiger partial charge in [-0.2, -0.15) is 0 Å². The normalized spacial score (nSPS) is 23.7. The second kappa shape index (κ2) is 31.5.